The predicted octanol–water partition coefficient (Wildman–Crippen LogP) is 3.21. The summed E-state index contributed by atoms with van der Waals surface area (Å²) in [5.74, 6) is 0.361. The van der Waals surface area contributed by atoms with Crippen molar-refractivity contribution in [3.05, 3.63) is 78.8 Å². The van der Waals surface area contributed by atoms with Gasteiger partial charge in [0.1, 0.15) is 17.8 Å². The van der Waals surface area contributed by atoms with Gasteiger partial charge in [0, 0.05) is 30.5 Å². The summed E-state index contributed by atoms with van der Waals surface area (Å²) < 4.78 is 10.5. The lowest BCUT2D eigenvalue weighted by Gasteiger charge is -2.43. The van der Waals surface area contributed by atoms with Crippen molar-refractivity contribution in [2.45, 2.75) is 18.4 Å². The van der Waals surface area contributed by atoms with Gasteiger partial charge in [0.2, 0.25) is 5.91 Å². The fourth-order valence-corrected chi connectivity index (χ4v) is 5.03. The highest BCUT2D eigenvalue weighted by Gasteiger charge is 2.54. The number of nitrogens with one attached hydrogen (secondary N) is 1. The Morgan fingerprint density at radius 1 is 1.03 bits per heavy atom. The number of anilines is 2. The molecule has 0 radical (unpaired) electrons. The SMILES string of the molecule is COc1cccc(NC(=O)CN2CN(c3ccccc3)C3(CCN(C(=O)c4ccco4)CC3)C2=O)c1. The third-order valence-corrected chi connectivity index (χ3v) is 6.88. The van der Waals surface area contributed by atoms with Crippen molar-refractivity contribution >= 4 is 29.1 Å². The Bertz CT molecular complexity index is 1240. The van der Waals surface area contributed by atoms with Crippen LogP contribution < -0.4 is 15.0 Å². The third kappa shape index (κ3) is 4.39. The van der Waals surface area contributed by atoms with E-state index in [1.165, 1.54) is 6.26 Å². The molecule has 0 saturated carbocycles. The van der Waals surface area contributed by atoms with Gasteiger partial charge in [-0.25, -0.2) is 0 Å². The molecule has 3 heterocycles. The van der Waals surface area contributed by atoms with Crippen LogP contribution in [0.25, 0.3) is 0 Å². The maximum Gasteiger partial charge on any atom is 0.289 e. The van der Waals surface area contributed by atoms with Gasteiger partial charge in [-0.1, -0.05) is 24.3 Å². The number of ether oxygens (including phenoxy) is 1. The summed E-state index contributed by atoms with van der Waals surface area (Å²) in [4.78, 5) is 44.9. The molecular weight excluding hydrogens is 460 g/mol. The highest BCUT2D eigenvalue weighted by molar-refractivity contribution is 5.99. The topological polar surface area (TPSA) is 95.3 Å². The van der Waals surface area contributed by atoms with E-state index in [9.17, 15) is 14.4 Å². The van der Waals surface area contributed by atoms with Gasteiger partial charge in [-0.2, -0.15) is 0 Å². The molecule has 3 amide bonds. The highest BCUT2D eigenvalue weighted by atomic mass is 16.5. The molecule has 36 heavy (non-hydrogen) atoms. The first-order valence-electron chi connectivity index (χ1n) is 11.9. The van der Waals surface area contributed by atoms with Crippen LogP contribution in [-0.2, 0) is 9.59 Å². The first-order valence-corrected chi connectivity index (χ1v) is 11.9. The summed E-state index contributed by atoms with van der Waals surface area (Å²) in [5, 5.41) is 2.85. The van der Waals surface area contributed by atoms with Crippen LogP contribution in [0, 0.1) is 0 Å². The second-order valence-electron chi connectivity index (χ2n) is 8.99. The van der Waals surface area contributed by atoms with Gasteiger partial charge in [0.25, 0.3) is 11.8 Å². The maximum absolute atomic E-state index is 13.8. The number of para-hydroxylation sites is 1. The number of methoxy groups -OCH3 is 1. The molecule has 2 aliphatic rings. The molecule has 9 nitrogen and oxygen atoms in total. The largest absolute Gasteiger partial charge is 0.497 e. The Morgan fingerprint density at radius 2 is 1.81 bits per heavy atom. The average Bonchev–Trinajstić information content (AvgIpc) is 3.53. The molecule has 5 rings (SSSR count). The number of likely N-dealkylation sites (tertiary alicyclic amines) is 1. The van der Waals surface area contributed by atoms with E-state index < -0.39 is 5.54 Å². The van der Waals surface area contributed by atoms with Gasteiger partial charge in [-0.15, -0.1) is 0 Å². The summed E-state index contributed by atoms with van der Waals surface area (Å²) in [6.07, 6.45) is 2.40. The minimum atomic E-state index is -0.822. The van der Waals surface area contributed by atoms with Crippen molar-refractivity contribution in [1.29, 1.82) is 0 Å². The quantitative estimate of drug-likeness (QED) is 0.573. The van der Waals surface area contributed by atoms with Crippen molar-refractivity contribution < 1.29 is 23.5 Å². The third-order valence-electron chi connectivity index (χ3n) is 6.88. The number of carbonyl (C=O) groups is 3. The molecule has 0 atom stereocenters. The van der Waals surface area contributed by atoms with Crippen LogP contribution in [-0.4, -0.2) is 66.5 Å². The minimum Gasteiger partial charge on any atom is -0.497 e. The van der Waals surface area contributed by atoms with Gasteiger partial charge in [0.05, 0.1) is 20.0 Å². The van der Waals surface area contributed by atoms with Gasteiger partial charge in [-0.05, 0) is 49.2 Å². The number of hydrogen-bond acceptors (Lipinski definition) is 6. The maximum atomic E-state index is 13.8. The predicted molar refractivity (Wildman–Crippen MR) is 134 cm³/mol. The van der Waals surface area contributed by atoms with E-state index in [1.54, 1.807) is 53.3 Å². The minimum absolute atomic E-state index is 0.0732. The summed E-state index contributed by atoms with van der Waals surface area (Å²) in [5.41, 5.74) is 0.690. The Hall–Kier alpha value is -4.27. The fraction of sp³-hybridized carbons (Fsp3) is 0.296. The lowest BCUT2D eigenvalue weighted by Crippen LogP contribution is -2.57. The zero-order chi connectivity index (χ0) is 25.1. The molecule has 2 saturated heterocycles. The van der Waals surface area contributed by atoms with Crippen LogP contribution in [0.2, 0.25) is 0 Å². The standard InChI is InChI=1S/C27H28N4O5/c1-35-22-10-5-7-20(17-22)28-24(32)18-30-19-31(21-8-3-2-4-9-21)27(26(30)34)12-14-29(15-13-27)25(33)23-11-6-16-36-23/h2-11,16-17H,12-15,18-19H2,1H3,(H,28,32). The Morgan fingerprint density at radius 3 is 2.50 bits per heavy atom. The number of rotatable bonds is 6. The van der Waals surface area contributed by atoms with Crippen molar-refractivity contribution in [3.8, 4) is 5.75 Å². The number of hydrogen-bond donors (Lipinski definition) is 1. The molecule has 186 valence electrons. The fourth-order valence-electron chi connectivity index (χ4n) is 5.03. The number of piperidine rings is 1. The van der Waals surface area contributed by atoms with Gasteiger partial charge in [-0.3, -0.25) is 14.4 Å². The second-order valence-corrected chi connectivity index (χ2v) is 8.99. The number of amides is 3. The molecule has 1 spiro atoms. The smallest absolute Gasteiger partial charge is 0.289 e. The van der Waals surface area contributed by atoms with Gasteiger partial charge < -0.3 is 29.2 Å². The van der Waals surface area contributed by atoms with E-state index in [0.717, 1.165) is 5.69 Å². The zero-order valence-electron chi connectivity index (χ0n) is 20.1. The molecule has 0 unspecified atom stereocenters. The molecule has 1 N–H and O–H groups in total. The molecule has 2 fully saturated rings. The second kappa shape index (κ2) is 9.77. The van der Waals surface area contributed by atoms with E-state index in [2.05, 4.69) is 10.2 Å². The Kier molecular flexibility index (Phi) is 6.37. The van der Waals surface area contributed by atoms with E-state index in [-0.39, 0.29) is 24.3 Å². The first kappa shape index (κ1) is 23.5. The van der Waals surface area contributed by atoms with Crippen LogP contribution in [0.1, 0.15) is 23.4 Å². The Labute approximate surface area is 209 Å². The monoisotopic (exact) mass is 488 g/mol. The van der Waals surface area contributed by atoms with Crippen LogP contribution >= 0.6 is 0 Å². The number of carbonyl (C=O) groups excluding carboxylic acids is 3. The van der Waals surface area contributed by atoms with Crippen molar-refractivity contribution in [1.82, 2.24) is 9.80 Å². The van der Waals surface area contributed by atoms with E-state index in [1.807, 2.05) is 30.3 Å². The van der Waals surface area contributed by atoms with E-state index in [0.29, 0.717) is 49.8 Å². The number of furan rings is 1. The number of benzene rings is 2. The van der Waals surface area contributed by atoms with Crippen molar-refractivity contribution in [3.63, 3.8) is 0 Å². The lowest BCUT2D eigenvalue weighted by atomic mass is 9.85. The molecule has 1 aromatic heterocycles. The molecule has 0 aliphatic carbocycles. The normalized spacial score (nSPS) is 16.9. The van der Waals surface area contributed by atoms with Crippen molar-refractivity contribution in [2.24, 2.45) is 0 Å². The Balaban J connectivity index is 1.33. The average molecular weight is 489 g/mol. The van der Waals surface area contributed by atoms with Crippen LogP contribution in [0.4, 0.5) is 11.4 Å². The first-order chi connectivity index (χ1) is 17.5. The zero-order valence-corrected chi connectivity index (χ0v) is 20.1. The van der Waals surface area contributed by atoms with Crippen LogP contribution in [0.5, 0.6) is 5.75 Å². The van der Waals surface area contributed by atoms with Crippen LogP contribution in [0.15, 0.2) is 77.4 Å². The highest BCUT2D eigenvalue weighted by Crippen LogP contribution is 2.39. The summed E-state index contributed by atoms with van der Waals surface area (Å²) in [6, 6.07) is 20.1. The molecule has 3 aromatic rings. The van der Waals surface area contributed by atoms with E-state index >= 15 is 0 Å². The van der Waals surface area contributed by atoms with Crippen LogP contribution in [0.3, 0.4) is 0 Å². The lowest BCUT2D eigenvalue weighted by molar-refractivity contribution is -0.136. The molecule has 9 heteroatoms. The molecular formula is C27H28N4O5. The molecule has 2 aromatic carbocycles. The molecule has 0 bridgehead atoms. The summed E-state index contributed by atoms with van der Waals surface area (Å²) >= 11 is 0. The van der Waals surface area contributed by atoms with E-state index in [4.69, 9.17) is 9.15 Å². The summed E-state index contributed by atoms with van der Waals surface area (Å²) in [6.45, 7) is 1.05. The van der Waals surface area contributed by atoms with Gasteiger partial charge in [0.15, 0.2) is 5.76 Å². The van der Waals surface area contributed by atoms with Crippen molar-refractivity contribution in [2.75, 3.05) is 43.6 Å². The summed E-state index contributed by atoms with van der Waals surface area (Å²) in [7, 11) is 1.56. The molecule has 2 aliphatic heterocycles. The number of nitrogens with zero attached hydrogens (tertiary/aromatic N) is 3. The van der Waals surface area contributed by atoms with Gasteiger partial charge >= 0.3 is 0 Å².